The van der Waals surface area contributed by atoms with Crippen LogP contribution < -0.4 is 0 Å². The lowest BCUT2D eigenvalue weighted by Gasteiger charge is -1.81. The second-order valence-electron chi connectivity index (χ2n) is 1.38. The van der Waals surface area contributed by atoms with Gasteiger partial charge in [-0.2, -0.15) is 4.68 Å². The van der Waals surface area contributed by atoms with Crippen LogP contribution in [0, 0.1) is 10.1 Å². The van der Waals surface area contributed by atoms with Gasteiger partial charge in [0, 0.05) is 4.11 Å². The van der Waals surface area contributed by atoms with E-state index in [9.17, 15) is 10.1 Å². The molecule has 9 heavy (non-hydrogen) atoms. The molecule has 1 aromatic heterocycles. The van der Waals surface area contributed by atoms with Gasteiger partial charge >= 0.3 is 5.82 Å². The van der Waals surface area contributed by atoms with Gasteiger partial charge in [0.2, 0.25) is 0 Å². The zero-order valence-electron chi connectivity index (χ0n) is 7.31. The molecule has 0 amide bonds. The van der Waals surface area contributed by atoms with Crippen LogP contribution in [0.2, 0.25) is 0 Å². The zero-order chi connectivity index (χ0) is 9.35. The Bertz CT molecular complexity index is 305. The highest BCUT2D eigenvalue weighted by Gasteiger charge is 2.06. The summed E-state index contributed by atoms with van der Waals surface area (Å²) in [6.45, 7) is -2.45. The maximum absolute atomic E-state index is 10.1. The first kappa shape index (κ1) is 2.95. The molecule has 0 fully saturated rings. The summed E-state index contributed by atoms with van der Waals surface area (Å²) >= 11 is 0. The van der Waals surface area contributed by atoms with Crippen LogP contribution in [0.15, 0.2) is 12.3 Å². The summed E-state index contributed by atoms with van der Waals surface area (Å²) in [7, 11) is 0. The SMILES string of the molecule is [2H]C([2H])([2H])n1ccc([N+](=O)[O-])n1. The molecule has 0 radical (unpaired) electrons. The minimum atomic E-state index is -2.45. The predicted octanol–water partition coefficient (Wildman–Crippen LogP) is 0.328. The number of nitro groups is 1. The molecule has 0 atom stereocenters. The summed E-state index contributed by atoms with van der Waals surface area (Å²) in [5, 5.41) is 13.3. The van der Waals surface area contributed by atoms with Gasteiger partial charge in [-0.25, -0.2) is 0 Å². The van der Waals surface area contributed by atoms with Crippen molar-refractivity contribution in [2.75, 3.05) is 0 Å². The minimum Gasteiger partial charge on any atom is -0.358 e. The van der Waals surface area contributed by atoms with E-state index in [4.69, 9.17) is 4.11 Å². The molecule has 0 aliphatic carbocycles. The standard InChI is InChI=1S/C4H5N3O2/c1-6-3-2-4(5-6)7(8)9/h2-3H,1H3/i1D3. The Morgan fingerprint density at radius 3 is 3.22 bits per heavy atom. The van der Waals surface area contributed by atoms with Crippen LogP contribution in [0.4, 0.5) is 5.82 Å². The zero-order valence-corrected chi connectivity index (χ0v) is 4.31. The highest BCUT2D eigenvalue weighted by molar-refractivity contribution is 5.13. The van der Waals surface area contributed by atoms with Crippen LogP contribution in [0.25, 0.3) is 0 Å². The molecule has 1 aromatic rings. The van der Waals surface area contributed by atoms with E-state index in [0.717, 1.165) is 12.3 Å². The Kier molecular flexibility index (Phi) is 0.606. The molecule has 0 aliphatic rings. The van der Waals surface area contributed by atoms with Gasteiger partial charge in [-0.1, -0.05) is 0 Å². The highest BCUT2D eigenvalue weighted by Crippen LogP contribution is 2.02. The molecule has 1 rings (SSSR count). The second kappa shape index (κ2) is 1.85. The molecular formula is C4H5N3O2. The van der Waals surface area contributed by atoms with E-state index in [-0.39, 0.29) is 0 Å². The molecule has 0 unspecified atom stereocenters. The molecule has 5 nitrogen and oxygen atoms in total. The minimum absolute atomic E-state index is 0.467. The maximum atomic E-state index is 10.1. The van der Waals surface area contributed by atoms with Gasteiger partial charge in [0.1, 0.15) is 0 Å². The highest BCUT2D eigenvalue weighted by atomic mass is 16.6. The number of nitrogens with zero attached hydrogens (tertiary/aromatic N) is 3. The van der Waals surface area contributed by atoms with E-state index in [1.165, 1.54) is 0 Å². The van der Waals surface area contributed by atoms with Gasteiger partial charge in [-0.05, 0) is 4.92 Å². The van der Waals surface area contributed by atoms with Crippen LogP contribution in [-0.2, 0) is 6.98 Å². The third-order valence-corrected chi connectivity index (χ3v) is 0.762. The Morgan fingerprint density at radius 2 is 2.89 bits per heavy atom. The topological polar surface area (TPSA) is 61.0 Å². The summed E-state index contributed by atoms with van der Waals surface area (Å²) in [5.41, 5.74) is 0. The molecule has 0 N–H and O–H groups in total. The van der Waals surface area contributed by atoms with Gasteiger partial charge in [0.25, 0.3) is 0 Å². The Hall–Kier alpha value is -1.39. The second-order valence-corrected chi connectivity index (χ2v) is 1.38. The molecule has 48 valence electrons. The van der Waals surface area contributed by atoms with Crippen molar-refractivity contribution in [3.8, 4) is 0 Å². The van der Waals surface area contributed by atoms with Crippen molar-refractivity contribution in [1.82, 2.24) is 9.78 Å². The lowest BCUT2D eigenvalue weighted by molar-refractivity contribution is -0.389. The number of hydrogen-bond acceptors (Lipinski definition) is 3. The average molecular weight is 130 g/mol. The smallest absolute Gasteiger partial charge is 0.358 e. The van der Waals surface area contributed by atoms with E-state index in [1.54, 1.807) is 0 Å². The van der Waals surface area contributed by atoms with Crippen LogP contribution in [-0.4, -0.2) is 14.7 Å². The fourth-order valence-corrected chi connectivity index (χ4v) is 0.412. The lowest BCUT2D eigenvalue weighted by atomic mass is 10.7. The van der Waals surface area contributed by atoms with Gasteiger partial charge in [0.05, 0.1) is 24.3 Å². The van der Waals surface area contributed by atoms with Gasteiger partial charge in [0.15, 0.2) is 0 Å². The van der Waals surface area contributed by atoms with Crippen LogP contribution in [0.5, 0.6) is 0 Å². The van der Waals surface area contributed by atoms with Gasteiger partial charge < -0.3 is 10.1 Å². The van der Waals surface area contributed by atoms with Crippen LogP contribution >= 0.6 is 0 Å². The van der Waals surface area contributed by atoms with Gasteiger partial charge in [-0.15, -0.1) is 0 Å². The molecule has 0 spiro atoms. The number of aryl methyl sites for hydroxylation is 1. The fraction of sp³-hybridized carbons (Fsp3) is 0.250. The molecule has 0 aliphatic heterocycles. The number of rotatable bonds is 1. The Labute approximate surface area is 55.3 Å². The first-order valence-electron chi connectivity index (χ1n) is 3.62. The first-order valence-corrected chi connectivity index (χ1v) is 2.12. The average Bonchev–Trinajstić information content (AvgIpc) is 2.30. The van der Waals surface area contributed by atoms with Crippen molar-refractivity contribution < 1.29 is 9.04 Å². The van der Waals surface area contributed by atoms with E-state index >= 15 is 0 Å². The number of hydrogen-bond donors (Lipinski definition) is 0. The molecule has 0 saturated heterocycles. The van der Waals surface area contributed by atoms with Crippen molar-refractivity contribution in [3.05, 3.63) is 22.4 Å². The van der Waals surface area contributed by atoms with Crippen molar-refractivity contribution in [3.63, 3.8) is 0 Å². The largest absolute Gasteiger partial charge is 0.389 e. The molecule has 1 heterocycles. The summed E-state index contributed by atoms with van der Waals surface area (Å²) in [6, 6.07) is 1.03. The maximum Gasteiger partial charge on any atom is 0.389 e. The van der Waals surface area contributed by atoms with Crippen molar-refractivity contribution in [1.29, 1.82) is 0 Å². The summed E-state index contributed by atoms with van der Waals surface area (Å²) in [4.78, 5) is 9.34. The van der Waals surface area contributed by atoms with E-state index < -0.39 is 17.7 Å². The third kappa shape index (κ3) is 1.04. The summed E-state index contributed by atoms with van der Waals surface area (Å²) in [6.07, 6.45) is 1.05. The van der Waals surface area contributed by atoms with E-state index in [1.807, 2.05) is 0 Å². The fourth-order valence-electron chi connectivity index (χ4n) is 0.412. The summed E-state index contributed by atoms with van der Waals surface area (Å²) in [5.74, 6) is -0.467. The van der Waals surface area contributed by atoms with Crippen LogP contribution in [0.3, 0.4) is 0 Å². The van der Waals surface area contributed by atoms with Crippen molar-refractivity contribution in [2.24, 2.45) is 6.98 Å². The van der Waals surface area contributed by atoms with E-state index in [2.05, 4.69) is 5.10 Å². The molecule has 5 heteroatoms. The Balaban J connectivity index is 3.00. The third-order valence-electron chi connectivity index (χ3n) is 0.762. The molecule has 0 aromatic carbocycles. The van der Waals surface area contributed by atoms with Crippen LogP contribution in [0.1, 0.15) is 4.11 Å². The van der Waals surface area contributed by atoms with Crippen molar-refractivity contribution >= 4 is 5.82 Å². The lowest BCUT2D eigenvalue weighted by Crippen LogP contribution is -1.91. The van der Waals surface area contributed by atoms with E-state index in [0.29, 0.717) is 4.68 Å². The van der Waals surface area contributed by atoms with Gasteiger partial charge in [-0.3, -0.25) is 0 Å². The van der Waals surface area contributed by atoms with Crippen molar-refractivity contribution in [2.45, 2.75) is 0 Å². The monoisotopic (exact) mass is 130 g/mol. The first-order chi connectivity index (χ1) is 5.41. The summed E-state index contributed by atoms with van der Waals surface area (Å²) < 4.78 is 21.1. The molecule has 0 saturated carbocycles. The quantitative estimate of drug-likeness (QED) is 0.406. The molecular weight excluding hydrogens is 122 g/mol. The molecule has 0 bridgehead atoms. The predicted molar refractivity (Wildman–Crippen MR) is 29.9 cm³/mol. The normalized spacial score (nSPS) is 15.8. The Morgan fingerprint density at radius 1 is 2.11 bits per heavy atom. The number of aromatic nitrogens is 2.